The molecule has 0 spiro atoms. The van der Waals surface area contributed by atoms with Gasteiger partial charge in [-0.25, -0.2) is 0 Å². The highest BCUT2D eigenvalue weighted by molar-refractivity contribution is 6.30. The van der Waals surface area contributed by atoms with Crippen molar-refractivity contribution in [2.24, 2.45) is 5.92 Å². The molecule has 0 heterocycles. The zero-order valence-electron chi connectivity index (χ0n) is 13.5. The van der Waals surface area contributed by atoms with Gasteiger partial charge in [-0.15, -0.1) is 0 Å². The minimum absolute atomic E-state index is 0.0203. The average Bonchev–Trinajstić information content (AvgIpc) is 2.48. The Morgan fingerprint density at radius 2 is 1.82 bits per heavy atom. The maximum absolute atomic E-state index is 12.5. The number of carbonyl (C=O) groups excluding carboxylic acids is 2. The quantitative estimate of drug-likeness (QED) is 0.689. The van der Waals surface area contributed by atoms with Crippen molar-refractivity contribution in [3.05, 3.63) is 34.9 Å². The van der Waals surface area contributed by atoms with Gasteiger partial charge in [0, 0.05) is 18.1 Å². The number of ether oxygens (including phenoxy) is 1. The number of nitrogens with zero attached hydrogens (tertiary/aromatic N) is 1. The first-order valence-electron chi connectivity index (χ1n) is 7.51. The van der Waals surface area contributed by atoms with Gasteiger partial charge in [-0.2, -0.15) is 0 Å². The molecule has 0 atom stereocenters. The number of methoxy groups -OCH3 is 1. The van der Waals surface area contributed by atoms with Crippen LogP contribution in [0.25, 0.3) is 0 Å². The van der Waals surface area contributed by atoms with Crippen LogP contribution in [-0.2, 0) is 20.7 Å². The molecule has 1 aromatic rings. The number of amides is 1. The molecule has 0 saturated heterocycles. The normalized spacial score (nSPS) is 10.6. The summed E-state index contributed by atoms with van der Waals surface area (Å²) >= 11 is 5.85. The molecular weight excluding hydrogens is 302 g/mol. The molecule has 0 aliphatic rings. The van der Waals surface area contributed by atoms with Crippen molar-refractivity contribution in [2.45, 2.75) is 33.1 Å². The van der Waals surface area contributed by atoms with Crippen LogP contribution in [-0.4, -0.2) is 37.0 Å². The second kappa shape index (κ2) is 9.46. The van der Waals surface area contributed by atoms with E-state index in [0.717, 1.165) is 12.0 Å². The van der Waals surface area contributed by atoms with Crippen molar-refractivity contribution < 1.29 is 14.3 Å². The van der Waals surface area contributed by atoms with Crippen molar-refractivity contribution in [1.82, 2.24) is 4.90 Å². The lowest BCUT2D eigenvalue weighted by Gasteiger charge is -2.23. The van der Waals surface area contributed by atoms with E-state index in [1.54, 1.807) is 17.0 Å². The first-order chi connectivity index (χ1) is 10.4. The minimum atomic E-state index is -0.297. The summed E-state index contributed by atoms with van der Waals surface area (Å²) in [5.41, 5.74) is 0.919. The van der Waals surface area contributed by atoms with Gasteiger partial charge in [0.2, 0.25) is 5.91 Å². The standard InChI is InChI=1S/C17H24ClNO3/c1-13(2)8-10-19(11-9-17(21)22-3)16(20)12-14-4-6-15(18)7-5-14/h4-7,13H,8-12H2,1-3H3. The van der Waals surface area contributed by atoms with Crippen molar-refractivity contribution in [3.8, 4) is 0 Å². The molecule has 0 bridgehead atoms. The van der Waals surface area contributed by atoms with Crippen molar-refractivity contribution in [2.75, 3.05) is 20.2 Å². The number of hydrogen-bond donors (Lipinski definition) is 0. The van der Waals surface area contributed by atoms with Crippen LogP contribution < -0.4 is 0 Å². The summed E-state index contributed by atoms with van der Waals surface area (Å²) < 4.78 is 4.65. The average molecular weight is 326 g/mol. The Morgan fingerprint density at radius 3 is 2.36 bits per heavy atom. The summed E-state index contributed by atoms with van der Waals surface area (Å²) in [6.45, 7) is 5.28. The van der Waals surface area contributed by atoms with Gasteiger partial charge in [-0.3, -0.25) is 9.59 Å². The molecule has 22 heavy (non-hydrogen) atoms. The number of benzene rings is 1. The number of rotatable bonds is 8. The Labute approximate surface area is 137 Å². The van der Waals surface area contributed by atoms with Crippen LogP contribution in [0.2, 0.25) is 5.02 Å². The van der Waals surface area contributed by atoms with E-state index in [2.05, 4.69) is 18.6 Å². The molecule has 1 aromatic carbocycles. The predicted molar refractivity (Wildman–Crippen MR) is 87.8 cm³/mol. The van der Waals surface area contributed by atoms with Crippen molar-refractivity contribution in [3.63, 3.8) is 0 Å². The number of halogens is 1. The minimum Gasteiger partial charge on any atom is -0.469 e. The summed E-state index contributed by atoms with van der Waals surface area (Å²) in [5, 5.41) is 0.651. The van der Waals surface area contributed by atoms with Gasteiger partial charge in [0.15, 0.2) is 0 Å². The SMILES string of the molecule is COC(=O)CCN(CCC(C)C)C(=O)Cc1ccc(Cl)cc1. The number of hydrogen-bond acceptors (Lipinski definition) is 3. The number of esters is 1. The Morgan fingerprint density at radius 1 is 1.18 bits per heavy atom. The highest BCUT2D eigenvalue weighted by Gasteiger charge is 2.16. The lowest BCUT2D eigenvalue weighted by molar-refractivity contribution is -0.141. The fourth-order valence-electron chi connectivity index (χ4n) is 1.99. The second-order valence-corrected chi connectivity index (χ2v) is 6.13. The fraction of sp³-hybridized carbons (Fsp3) is 0.529. The molecule has 4 nitrogen and oxygen atoms in total. The summed E-state index contributed by atoms with van der Waals surface area (Å²) in [7, 11) is 1.36. The molecule has 122 valence electrons. The van der Waals surface area contributed by atoms with Gasteiger partial charge >= 0.3 is 5.97 Å². The Kier molecular flexibility index (Phi) is 7.96. The third kappa shape index (κ3) is 6.94. The van der Waals surface area contributed by atoms with Crippen LogP contribution in [0.1, 0.15) is 32.3 Å². The van der Waals surface area contributed by atoms with E-state index in [0.29, 0.717) is 30.5 Å². The first kappa shape index (κ1) is 18.5. The van der Waals surface area contributed by atoms with E-state index in [-0.39, 0.29) is 18.3 Å². The summed E-state index contributed by atoms with van der Waals surface area (Å²) in [4.78, 5) is 25.5. The smallest absolute Gasteiger partial charge is 0.307 e. The van der Waals surface area contributed by atoms with E-state index in [9.17, 15) is 9.59 Å². The molecule has 0 saturated carbocycles. The van der Waals surface area contributed by atoms with Gasteiger partial charge in [0.25, 0.3) is 0 Å². The van der Waals surface area contributed by atoms with Crippen LogP contribution in [0.15, 0.2) is 24.3 Å². The molecule has 1 rings (SSSR count). The molecule has 0 N–H and O–H groups in total. The van der Waals surface area contributed by atoms with E-state index in [1.165, 1.54) is 7.11 Å². The molecule has 0 aliphatic carbocycles. The predicted octanol–water partition coefficient (Wildman–Crippen LogP) is 3.32. The second-order valence-electron chi connectivity index (χ2n) is 5.69. The van der Waals surface area contributed by atoms with Crippen LogP contribution in [0, 0.1) is 5.92 Å². The molecule has 0 radical (unpaired) electrons. The molecule has 5 heteroatoms. The van der Waals surface area contributed by atoms with Gasteiger partial charge in [0.05, 0.1) is 20.0 Å². The maximum atomic E-state index is 12.5. The van der Waals surface area contributed by atoms with Gasteiger partial charge in [0.1, 0.15) is 0 Å². The van der Waals surface area contributed by atoms with Gasteiger partial charge < -0.3 is 9.64 Å². The van der Waals surface area contributed by atoms with Crippen molar-refractivity contribution >= 4 is 23.5 Å². The van der Waals surface area contributed by atoms with E-state index in [4.69, 9.17) is 11.6 Å². The molecule has 0 aromatic heterocycles. The van der Waals surface area contributed by atoms with E-state index in [1.807, 2.05) is 12.1 Å². The largest absolute Gasteiger partial charge is 0.469 e. The van der Waals surface area contributed by atoms with E-state index >= 15 is 0 Å². The fourth-order valence-corrected chi connectivity index (χ4v) is 2.12. The lowest BCUT2D eigenvalue weighted by Crippen LogP contribution is -2.35. The summed E-state index contributed by atoms with van der Waals surface area (Å²) in [5.74, 6) is 0.227. The van der Waals surface area contributed by atoms with Crippen LogP contribution >= 0.6 is 11.6 Å². The van der Waals surface area contributed by atoms with Crippen LogP contribution in [0.5, 0.6) is 0 Å². The Hall–Kier alpha value is -1.55. The maximum Gasteiger partial charge on any atom is 0.307 e. The van der Waals surface area contributed by atoms with Gasteiger partial charge in [-0.05, 0) is 30.0 Å². The summed E-state index contributed by atoms with van der Waals surface area (Å²) in [6.07, 6.45) is 1.45. The monoisotopic (exact) mass is 325 g/mol. The number of carbonyl (C=O) groups is 2. The van der Waals surface area contributed by atoms with Crippen LogP contribution in [0.4, 0.5) is 0 Å². The zero-order chi connectivity index (χ0) is 16.5. The van der Waals surface area contributed by atoms with E-state index < -0.39 is 0 Å². The topological polar surface area (TPSA) is 46.6 Å². The molecule has 0 unspecified atom stereocenters. The van der Waals surface area contributed by atoms with Crippen LogP contribution in [0.3, 0.4) is 0 Å². The van der Waals surface area contributed by atoms with Crippen molar-refractivity contribution in [1.29, 1.82) is 0 Å². The molecular formula is C17H24ClNO3. The highest BCUT2D eigenvalue weighted by Crippen LogP contribution is 2.12. The zero-order valence-corrected chi connectivity index (χ0v) is 14.2. The Balaban J connectivity index is 2.64. The molecule has 1 amide bonds. The third-order valence-corrected chi connectivity index (χ3v) is 3.66. The first-order valence-corrected chi connectivity index (χ1v) is 7.89. The molecule has 0 aliphatic heterocycles. The Bertz CT molecular complexity index is 485. The summed E-state index contributed by atoms with van der Waals surface area (Å²) in [6, 6.07) is 7.25. The lowest BCUT2D eigenvalue weighted by atomic mass is 10.1. The highest BCUT2D eigenvalue weighted by atomic mass is 35.5. The van der Waals surface area contributed by atoms with Gasteiger partial charge in [-0.1, -0.05) is 37.6 Å². The molecule has 0 fully saturated rings. The third-order valence-electron chi connectivity index (χ3n) is 3.41.